The summed E-state index contributed by atoms with van der Waals surface area (Å²) in [6, 6.07) is 10.1. The van der Waals surface area contributed by atoms with Crippen LogP contribution in [-0.4, -0.2) is 20.2 Å². The van der Waals surface area contributed by atoms with Crippen LogP contribution in [0.15, 0.2) is 30.3 Å². The molecule has 0 fully saturated rings. The van der Waals surface area contributed by atoms with E-state index in [1.54, 1.807) is 7.11 Å². The molecule has 0 saturated heterocycles. The Morgan fingerprint density at radius 2 is 1.92 bits per heavy atom. The maximum Gasteiger partial charge on any atom is 0.0572 e. The number of benzene rings is 1. The van der Waals surface area contributed by atoms with Crippen molar-refractivity contribution in [3.8, 4) is 0 Å². The van der Waals surface area contributed by atoms with Crippen LogP contribution in [-0.2, 0) is 4.84 Å². The van der Waals surface area contributed by atoms with E-state index in [9.17, 15) is 0 Å². The first-order chi connectivity index (χ1) is 5.93. The quantitative estimate of drug-likeness (QED) is 0.510. The zero-order valence-electron chi connectivity index (χ0n) is 7.21. The van der Waals surface area contributed by atoms with Gasteiger partial charge in [0.05, 0.1) is 7.11 Å². The number of hydrogen-bond donors (Lipinski definition) is 2. The fraction of sp³-hybridized carbons (Fsp3) is 0.333. The highest BCUT2D eigenvalue weighted by Gasteiger charge is 1.87. The summed E-state index contributed by atoms with van der Waals surface area (Å²) in [5.74, 6) is 0. The standard InChI is InChI=1S/C9H14N2O/c1-12-11-8-7-10-9-5-3-2-4-6-9/h2-6,10-11H,7-8H2,1H3. The molecule has 12 heavy (non-hydrogen) atoms. The smallest absolute Gasteiger partial charge is 0.0572 e. The second kappa shape index (κ2) is 5.57. The summed E-state index contributed by atoms with van der Waals surface area (Å²) in [6.07, 6.45) is 0. The summed E-state index contributed by atoms with van der Waals surface area (Å²) < 4.78 is 0. The zero-order chi connectivity index (χ0) is 8.65. The highest BCUT2D eigenvalue weighted by atomic mass is 16.6. The Kier molecular flexibility index (Phi) is 4.19. The van der Waals surface area contributed by atoms with E-state index in [0.717, 1.165) is 18.8 Å². The van der Waals surface area contributed by atoms with Gasteiger partial charge >= 0.3 is 0 Å². The minimum absolute atomic E-state index is 0.797. The Hall–Kier alpha value is -1.06. The molecular weight excluding hydrogens is 152 g/mol. The topological polar surface area (TPSA) is 33.3 Å². The van der Waals surface area contributed by atoms with Crippen molar-refractivity contribution in [1.82, 2.24) is 5.48 Å². The average Bonchev–Trinajstić information content (AvgIpc) is 2.14. The van der Waals surface area contributed by atoms with Crippen molar-refractivity contribution >= 4 is 5.69 Å². The fourth-order valence-electron chi connectivity index (χ4n) is 0.916. The van der Waals surface area contributed by atoms with Gasteiger partial charge in [-0.15, -0.1) is 0 Å². The van der Waals surface area contributed by atoms with Crippen molar-refractivity contribution in [2.75, 3.05) is 25.5 Å². The third kappa shape index (κ3) is 3.37. The van der Waals surface area contributed by atoms with Gasteiger partial charge in [0.25, 0.3) is 0 Å². The molecule has 0 radical (unpaired) electrons. The number of hydroxylamine groups is 1. The highest BCUT2D eigenvalue weighted by molar-refractivity contribution is 5.42. The lowest BCUT2D eigenvalue weighted by Crippen LogP contribution is -2.20. The van der Waals surface area contributed by atoms with E-state index in [4.69, 9.17) is 0 Å². The van der Waals surface area contributed by atoms with Crippen molar-refractivity contribution in [2.45, 2.75) is 0 Å². The van der Waals surface area contributed by atoms with E-state index < -0.39 is 0 Å². The monoisotopic (exact) mass is 166 g/mol. The lowest BCUT2D eigenvalue weighted by Gasteiger charge is -2.05. The third-order valence-electron chi connectivity index (χ3n) is 1.47. The summed E-state index contributed by atoms with van der Waals surface area (Å²) in [5, 5.41) is 3.24. The van der Waals surface area contributed by atoms with Crippen LogP contribution >= 0.6 is 0 Å². The van der Waals surface area contributed by atoms with Crippen LogP contribution in [0.25, 0.3) is 0 Å². The van der Waals surface area contributed by atoms with E-state index in [2.05, 4.69) is 15.6 Å². The van der Waals surface area contributed by atoms with Gasteiger partial charge in [-0.25, -0.2) is 5.48 Å². The van der Waals surface area contributed by atoms with Crippen LogP contribution in [0.4, 0.5) is 5.69 Å². The molecule has 0 atom stereocenters. The summed E-state index contributed by atoms with van der Waals surface area (Å²) in [4.78, 5) is 4.69. The molecule has 1 aromatic rings. The molecule has 0 aliphatic rings. The van der Waals surface area contributed by atoms with E-state index in [1.165, 1.54) is 0 Å². The Bertz CT molecular complexity index is 201. The van der Waals surface area contributed by atoms with Crippen molar-refractivity contribution in [3.63, 3.8) is 0 Å². The van der Waals surface area contributed by atoms with Crippen molar-refractivity contribution < 1.29 is 4.84 Å². The normalized spacial score (nSPS) is 9.75. The van der Waals surface area contributed by atoms with Crippen LogP contribution in [0.5, 0.6) is 0 Å². The Morgan fingerprint density at radius 1 is 1.17 bits per heavy atom. The molecule has 1 rings (SSSR count). The van der Waals surface area contributed by atoms with Crippen molar-refractivity contribution in [1.29, 1.82) is 0 Å². The highest BCUT2D eigenvalue weighted by Crippen LogP contribution is 2.03. The first kappa shape index (κ1) is 9.03. The maximum absolute atomic E-state index is 4.69. The molecule has 3 nitrogen and oxygen atoms in total. The van der Waals surface area contributed by atoms with Gasteiger partial charge in [-0.2, -0.15) is 0 Å². The van der Waals surface area contributed by atoms with Crippen molar-refractivity contribution in [2.24, 2.45) is 0 Å². The number of hydrogen-bond acceptors (Lipinski definition) is 3. The van der Waals surface area contributed by atoms with Crippen LogP contribution < -0.4 is 10.8 Å². The van der Waals surface area contributed by atoms with E-state index in [-0.39, 0.29) is 0 Å². The van der Waals surface area contributed by atoms with Crippen LogP contribution in [0.1, 0.15) is 0 Å². The molecule has 1 aromatic carbocycles. The molecule has 3 heteroatoms. The van der Waals surface area contributed by atoms with Crippen molar-refractivity contribution in [3.05, 3.63) is 30.3 Å². The second-order valence-electron chi connectivity index (χ2n) is 2.39. The Balaban J connectivity index is 2.16. The summed E-state index contributed by atoms with van der Waals surface area (Å²) in [6.45, 7) is 1.66. The van der Waals surface area contributed by atoms with E-state index >= 15 is 0 Å². The molecule has 0 aliphatic heterocycles. The molecule has 66 valence electrons. The molecule has 0 saturated carbocycles. The van der Waals surface area contributed by atoms with Gasteiger partial charge in [0.1, 0.15) is 0 Å². The molecule has 0 heterocycles. The first-order valence-corrected chi connectivity index (χ1v) is 3.98. The van der Waals surface area contributed by atoms with Crippen LogP contribution in [0.2, 0.25) is 0 Å². The SMILES string of the molecule is CONCCNc1ccccc1. The predicted molar refractivity (Wildman–Crippen MR) is 49.9 cm³/mol. The van der Waals surface area contributed by atoms with Gasteiger partial charge in [-0.05, 0) is 12.1 Å². The lowest BCUT2D eigenvalue weighted by atomic mass is 10.3. The molecule has 0 aromatic heterocycles. The number of nitrogens with one attached hydrogen (secondary N) is 2. The molecule has 0 amide bonds. The summed E-state index contributed by atoms with van der Waals surface area (Å²) in [5.41, 5.74) is 3.89. The number of anilines is 1. The van der Waals surface area contributed by atoms with Gasteiger partial charge in [0.2, 0.25) is 0 Å². The van der Waals surface area contributed by atoms with E-state index in [0.29, 0.717) is 0 Å². The Labute approximate surface area is 72.7 Å². The third-order valence-corrected chi connectivity index (χ3v) is 1.47. The zero-order valence-corrected chi connectivity index (χ0v) is 7.21. The lowest BCUT2D eigenvalue weighted by molar-refractivity contribution is 0.0951. The fourth-order valence-corrected chi connectivity index (χ4v) is 0.916. The van der Waals surface area contributed by atoms with Gasteiger partial charge < -0.3 is 10.2 Å². The summed E-state index contributed by atoms with van der Waals surface area (Å²) >= 11 is 0. The largest absolute Gasteiger partial charge is 0.384 e. The van der Waals surface area contributed by atoms with Gasteiger partial charge in [-0.1, -0.05) is 18.2 Å². The number of para-hydroxylation sites is 1. The number of rotatable bonds is 5. The molecule has 2 N–H and O–H groups in total. The second-order valence-corrected chi connectivity index (χ2v) is 2.39. The minimum Gasteiger partial charge on any atom is -0.384 e. The average molecular weight is 166 g/mol. The first-order valence-electron chi connectivity index (χ1n) is 3.98. The minimum atomic E-state index is 0.797. The van der Waals surface area contributed by atoms with E-state index in [1.807, 2.05) is 30.3 Å². The van der Waals surface area contributed by atoms with Crippen LogP contribution in [0, 0.1) is 0 Å². The molecular formula is C9H14N2O. The molecule has 0 unspecified atom stereocenters. The summed E-state index contributed by atoms with van der Waals surface area (Å²) in [7, 11) is 1.61. The van der Waals surface area contributed by atoms with Gasteiger partial charge in [0, 0.05) is 18.8 Å². The van der Waals surface area contributed by atoms with Gasteiger partial charge in [0.15, 0.2) is 0 Å². The predicted octanol–water partition coefficient (Wildman–Crippen LogP) is 1.25. The molecule has 0 bridgehead atoms. The molecule has 0 spiro atoms. The van der Waals surface area contributed by atoms with Crippen LogP contribution in [0.3, 0.4) is 0 Å². The maximum atomic E-state index is 4.69. The van der Waals surface area contributed by atoms with Gasteiger partial charge in [-0.3, -0.25) is 0 Å². The molecule has 0 aliphatic carbocycles. The Morgan fingerprint density at radius 3 is 2.58 bits per heavy atom.